The van der Waals surface area contributed by atoms with Gasteiger partial charge in [-0.1, -0.05) is 70.8 Å². The van der Waals surface area contributed by atoms with Crippen molar-refractivity contribution >= 4 is 28.7 Å². The summed E-state index contributed by atoms with van der Waals surface area (Å²) in [7, 11) is 0. The Labute approximate surface area is 278 Å². The van der Waals surface area contributed by atoms with E-state index in [0.29, 0.717) is 0 Å². The molecule has 2 aliphatic rings. The van der Waals surface area contributed by atoms with Crippen LogP contribution in [0.25, 0.3) is 0 Å². The summed E-state index contributed by atoms with van der Waals surface area (Å²) in [5.74, 6) is 1.39. The first-order valence-electron chi connectivity index (χ1n) is 17.1. The van der Waals surface area contributed by atoms with Gasteiger partial charge >= 0.3 is 5.96 Å². The standard InChI is InChI=1S/C42H54N4/c1-26-17-30(5)38(31(6)18-26)43-15-16-46(25-43,41-36(11)23-29(4)24-37(41)12)42-44(39-32(7)19-27(2)20-33(39)8)13-14-45(42)40-34(9)21-28(3)22-35(40)10/h17-24H,13-16,25H2,1-12H3/q+2. The minimum Gasteiger partial charge on any atom is -0.318 e. The number of quaternary nitrogens is 1. The van der Waals surface area contributed by atoms with E-state index in [1.54, 1.807) is 0 Å². The summed E-state index contributed by atoms with van der Waals surface area (Å²) < 4.78 is 3.50. The van der Waals surface area contributed by atoms with Gasteiger partial charge in [0.15, 0.2) is 12.4 Å². The van der Waals surface area contributed by atoms with Gasteiger partial charge in [0.25, 0.3) is 0 Å². The van der Waals surface area contributed by atoms with Crippen molar-refractivity contribution in [1.82, 2.24) is 4.48 Å². The minimum absolute atomic E-state index is 0.796. The smallest absolute Gasteiger partial charge is 0.318 e. The SMILES string of the molecule is Cc1cc(C)c(N2CC[N+](C3=[N+](c4c(C)cc(C)cc4C)CCN3c3c(C)cc(C)cc3C)(c3c(C)cc(C)cc3C)C2)c(C)c1. The van der Waals surface area contributed by atoms with E-state index in [1.807, 2.05) is 0 Å². The number of benzene rings is 4. The lowest BCUT2D eigenvalue weighted by Gasteiger charge is -2.36. The van der Waals surface area contributed by atoms with Gasteiger partial charge in [0.05, 0.1) is 6.54 Å². The predicted octanol–water partition coefficient (Wildman–Crippen LogP) is 9.39. The summed E-state index contributed by atoms with van der Waals surface area (Å²) >= 11 is 0. The van der Waals surface area contributed by atoms with E-state index in [-0.39, 0.29) is 0 Å². The van der Waals surface area contributed by atoms with Crippen LogP contribution < -0.4 is 14.3 Å². The Balaban J connectivity index is 1.71. The molecule has 0 amide bonds. The maximum Gasteiger partial charge on any atom is 0.463 e. The molecule has 0 spiro atoms. The predicted molar refractivity (Wildman–Crippen MR) is 199 cm³/mol. The molecule has 2 aliphatic heterocycles. The Morgan fingerprint density at radius 1 is 0.500 bits per heavy atom. The fourth-order valence-electron chi connectivity index (χ4n) is 9.50. The molecule has 4 aromatic carbocycles. The number of aryl methyl sites for hydroxylation is 12. The molecule has 6 rings (SSSR count). The van der Waals surface area contributed by atoms with Crippen LogP contribution in [-0.2, 0) is 0 Å². The van der Waals surface area contributed by atoms with Crippen LogP contribution in [-0.4, -0.2) is 43.4 Å². The highest BCUT2D eigenvalue weighted by Gasteiger charge is 2.57. The molecular weight excluding hydrogens is 560 g/mol. The molecule has 1 unspecified atom stereocenters. The van der Waals surface area contributed by atoms with Crippen LogP contribution in [0.1, 0.15) is 66.8 Å². The number of rotatable bonds is 4. The van der Waals surface area contributed by atoms with Gasteiger partial charge in [-0.25, -0.2) is 0 Å². The first kappa shape index (κ1) is 32.1. The molecular formula is C42H54N4+2. The highest BCUT2D eigenvalue weighted by Crippen LogP contribution is 2.43. The fourth-order valence-corrected chi connectivity index (χ4v) is 9.50. The average molecular weight is 615 g/mol. The lowest BCUT2D eigenvalue weighted by molar-refractivity contribution is -0.434. The van der Waals surface area contributed by atoms with Gasteiger partial charge in [-0.05, 0) is 116 Å². The molecule has 4 aromatic rings. The average Bonchev–Trinajstić information content (AvgIpc) is 3.52. The van der Waals surface area contributed by atoms with Gasteiger partial charge in [-0.2, -0.15) is 14.0 Å². The minimum atomic E-state index is 0.796. The van der Waals surface area contributed by atoms with E-state index < -0.39 is 0 Å². The summed E-state index contributed by atoms with van der Waals surface area (Å²) in [6.45, 7) is 32.2. The third-order valence-electron chi connectivity index (χ3n) is 10.4. The molecule has 4 nitrogen and oxygen atoms in total. The van der Waals surface area contributed by atoms with Crippen molar-refractivity contribution in [3.63, 3.8) is 0 Å². The largest absolute Gasteiger partial charge is 0.463 e. The van der Waals surface area contributed by atoms with Crippen LogP contribution in [0, 0.1) is 83.1 Å². The summed E-state index contributed by atoms with van der Waals surface area (Å²) in [5, 5.41) is 0. The third-order valence-corrected chi connectivity index (χ3v) is 10.4. The molecule has 1 saturated heterocycles. The normalized spacial score (nSPS) is 18.3. The maximum atomic E-state index is 2.71. The number of anilines is 2. The molecule has 0 radical (unpaired) electrons. The molecule has 1 fully saturated rings. The quantitative estimate of drug-likeness (QED) is 0.167. The second-order valence-corrected chi connectivity index (χ2v) is 14.7. The molecule has 2 heterocycles. The van der Waals surface area contributed by atoms with Crippen molar-refractivity contribution in [2.24, 2.45) is 0 Å². The lowest BCUT2D eigenvalue weighted by Crippen LogP contribution is -2.61. The van der Waals surface area contributed by atoms with Gasteiger partial charge in [-0.3, -0.25) is 0 Å². The highest BCUT2D eigenvalue weighted by molar-refractivity contribution is 6.04. The monoisotopic (exact) mass is 614 g/mol. The topological polar surface area (TPSA) is 9.49 Å². The van der Waals surface area contributed by atoms with E-state index in [9.17, 15) is 0 Å². The first-order valence-corrected chi connectivity index (χ1v) is 17.1. The van der Waals surface area contributed by atoms with Crippen LogP contribution in [0.3, 0.4) is 0 Å². The Morgan fingerprint density at radius 3 is 1.39 bits per heavy atom. The van der Waals surface area contributed by atoms with Crippen molar-refractivity contribution in [3.8, 4) is 0 Å². The fraction of sp³-hybridized carbons (Fsp3) is 0.405. The van der Waals surface area contributed by atoms with Crippen LogP contribution in [0.15, 0.2) is 48.5 Å². The van der Waals surface area contributed by atoms with Crippen molar-refractivity contribution in [2.45, 2.75) is 83.1 Å². The maximum absolute atomic E-state index is 2.71. The van der Waals surface area contributed by atoms with Gasteiger partial charge < -0.3 is 4.90 Å². The number of nitrogens with zero attached hydrogens (tertiary/aromatic N) is 4. The Bertz CT molecular complexity index is 1820. The van der Waals surface area contributed by atoms with E-state index >= 15 is 0 Å². The van der Waals surface area contributed by atoms with Gasteiger partial charge in [0.1, 0.15) is 31.0 Å². The van der Waals surface area contributed by atoms with Crippen molar-refractivity contribution < 1.29 is 4.58 Å². The first-order chi connectivity index (χ1) is 21.7. The van der Waals surface area contributed by atoms with Gasteiger partial charge in [-0.15, -0.1) is 0 Å². The third kappa shape index (κ3) is 5.25. The van der Waals surface area contributed by atoms with E-state index in [0.717, 1.165) is 37.3 Å². The molecule has 4 heteroatoms. The highest BCUT2D eigenvalue weighted by atomic mass is 15.6. The van der Waals surface area contributed by atoms with Gasteiger partial charge in [0, 0.05) is 16.8 Å². The van der Waals surface area contributed by atoms with Crippen LogP contribution in [0.2, 0.25) is 0 Å². The molecule has 46 heavy (non-hydrogen) atoms. The number of hydrogen-bond acceptors (Lipinski definition) is 2. The molecule has 0 saturated carbocycles. The summed E-state index contributed by atoms with van der Waals surface area (Å²) in [5.41, 5.74) is 21.8. The molecule has 0 bridgehead atoms. The van der Waals surface area contributed by atoms with Crippen molar-refractivity contribution in [2.75, 3.05) is 42.6 Å². The van der Waals surface area contributed by atoms with Gasteiger partial charge in [0.2, 0.25) is 0 Å². The van der Waals surface area contributed by atoms with Crippen LogP contribution in [0.5, 0.6) is 0 Å². The van der Waals surface area contributed by atoms with Crippen LogP contribution >= 0.6 is 0 Å². The second-order valence-electron chi connectivity index (χ2n) is 14.7. The van der Waals surface area contributed by atoms with Crippen LogP contribution in [0.4, 0.5) is 22.7 Å². The molecule has 1 atom stereocenters. The molecule has 240 valence electrons. The van der Waals surface area contributed by atoms with E-state index in [1.165, 1.54) is 95.5 Å². The summed E-state index contributed by atoms with van der Waals surface area (Å²) in [4.78, 5) is 5.40. The van der Waals surface area contributed by atoms with E-state index in [2.05, 4.69) is 146 Å². The summed E-state index contributed by atoms with van der Waals surface area (Å²) in [6, 6.07) is 19.0. The molecule has 0 N–H and O–H groups in total. The van der Waals surface area contributed by atoms with Crippen molar-refractivity contribution in [1.29, 1.82) is 0 Å². The Morgan fingerprint density at radius 2 is 0.913 bits per heavy atom. The zero-order valence-corrected chi connectivity index (χ0v) is 30.4. The second kappa shape index (κ2) is 11.7. The number of guanidine groups is 1. The zero-order chi connectivity index (χ0) is 33.2. The van der Waals surface area contributed by atoms with Crippen molar-refractivity contribution in [3.05, 3.63) is 115 Å². The Hall–Kier alpha value is -3.89. The summed E-state index contributed by atoms with van der Waals surface area (Å²) in [6.07, 6.45) is 0. The zero-order valence-electron chi connectivity index (χ0n) is 30.4. The number of hydrogen-bond donors (Lipinski definition) is 0. The lowest BCUT2D eigenvalue weighted by atomic mass is 10.0. The van der Waals surface area contributed by atoms with E-state index in [4.69, 9.17) is 0 Å². The Kier molecular flexibility index (Phi) is 8.17. The molecule has 0 aliphatic carbocycles. The molecule has 0 aromatic heterocycles.